The Morgan fingerprint density at radius 1 is 1.24 bits per heavy atom. The van der Waals surface area contributed by atoms with Crippen molar-refractivity contribution in [3.05, 3.63) is 64.7 Å². The quantitative estimate of drug-likeness (QED) is 0.782. The van der Waals surface area contributed by atoms with Crippen molar-refractivity contribution >= 4 is 17.4 Å². The summed E-state index contributed by atoms with van der Waals surface area (Å²) in [5.74, 6) is -0.641. The zero-order chi connectivity index (χ0) is 12.3. The number of hydrogen-bond acceptors (Lipinski definition) is 2. The highest BCUT2D eigenvalue weighted by atomic mass is 35.5. The second-order valence-electron chi connectivity index (χ2n) is 3.55. The Kier molecular flexibility index (Phi) is 3.49. The molecule has 1 aromatic heterocycles. The minimum atomic E-state index is -0.459. The number of nitrogens with zero attached hydrogens (tertiary/aromatic N) is 1. The zero-order valence-electron chi connectivity index (χ0n) is 8.86. The molecule has 0 saturated heterocycles. The molecular formula is C13H9ClFNO. The maximum atomic E-state index is 12.6. The van der Waals surface area contributed by atoms with Crippen LogP contribution in [0.25, 0.3) is 0 Å². The number of halogens is 2. The van der Waals surface area contributed by atoms with Gasteiger partial charge in [0, 0.05) is 11.4 Å². The van der Waals surface area contributed by atoms with Crippen LogP contribution in [-0.2, 0) is 6.42 Å². The van der Waals surface area contributed by atoms with Crippen LogP contribution in [0, 0.1) is 5.82 Å². The molecule has 0 aliphatic carbocycles. The molecular weight excluding hydrogens is 241 g/mol. The highest BCUT2D eigenvalue weighted by Gasteiger charge is 2.10. The Labute approximate surface area is 103 Å². The van der Waals surface area contributed by atoms with E-state index in [1.165, 1.54) is 12.1 Å². The average Bonchev–Trinajstić information content (AvgIpc) is 2.33. The third-order valence-electron chi connectivity index (χ3n) is 2.32. The molecule has 0 unspecified atom stereocenters. The molecule has 1 aromatic carbocycles. The van der Waals surface area contributed by atoms with Crippen molar-refractivity contribution in [3.8, 4) is 0 Å². The van der Waals surface area contributed by atoms with Crippen LogP contribution in [-0.4, -0.2) is 10.8 Å². The summed E-state index contributed by atoms with van der Waals surface area (Å²) < 4.78 is 12.6. The lowest BCUT2D eigenvalue weighted by atomic mass is 10.1. The molecule has 86 valence electrons. The molecule has 0 aliphatic rings. The molecule has 2 nitrogen and oxygen atoms in total. The van der Waals surface area contributed by atoms with E-state index in [4.69, 9.17) is 11.6 Å². The summed E-state index contributed by atoms with van der Waals surface area (Å²) in [5.41, 5.74) is 0.983. The first-order valence-corrected chi connectivity index (χ1v) is 5.43. The van der Waals surface area contributed by atoms with E-state index in [1.807, 2.05) is 6.07 Å². The van der Waals surface area contributed by atoms with Crippen molar-refractivity contribution < 1.29 is 9.18 Å². The van der Waals surface area contributed by atoms with Crippen molar-refractivity contribution in [1.29, 1.82) is 0 Å². The van der Waals surface area contributed by atoms with Crippen LogP contribution in [0.5, 0.6) is 0 Å². The maximum absolute atomic E-state index is 12.6. The fourth-order valence-corrected chi connectivity index (χ4v) is 1.65. The van der Waals surface area contributed by atoms with E-state index in [1.54, 1.807) is 18.2 Å². The fourth-order valence-electron chi connectivity index (χ4n) is 1.45. The second kappa shape index (κ2) is 5.06. The molecule has 0 bridgehead atoms. The van der Waals surface area contributed by atoms with Crippen LogP contribution in [0.3, 0.4) is 0 Å². The number of benzene rings is 1. The molecule has 0 N–H and O–H groups in total. The number of pyridine rings is 1. The summed E-state index contributed by atoms with van der Waals surface area (Å²) in [5, 5.41) is 0.544. The van der Waals surface area contributed by atoms with E-state index >= 15 is 0 Å². The van der Waals surface area contributed by atoms with E-state index in [9.17, 15) is 9.18 Å². The van der Waals surface area contributed by atoms with Gasteiger partial charge in [-0.25, -0.2) is 4.39 Å². The van der Waals surface area contributed by atoms with Crippen molar-refractivity contribution in [1.82, 2.24) is 4.98 Å². The monoisotopic (exact) mass is 249 g/mol. The molecule has 2 rings (SSSR count). The number of rotatable bonds is 3. The fraction of sp³-hybridized carbons (Fsp3) is 0.0769. The van der Waals surface area contributed by atoms with Gasteiger partial charge in [-0.3, -0.25) is 9.78 Å². The van der Waals surface area contributed by atoms with E-state index in [0.29, 0.717) is 5.02 Å². The van der Waals surface area contributed by atoms with Gasteiger partial charge in [-0.05, 0) is 23.8 Å². The number of hydrogen-bond donors (Lipinski definition) is 0. The van der Waals surface area contributed by atoms with Crippen molar-refractivity contribution in [2.75, 3.05) is 0 Å². The Morgan fingerprint density at radius 3 is 2.65 bits per heavy atom. The topological polar surface area (TPSA) is 30.0 Å². The number of carbonyl (C=O) groups excluding carboxylic acids is 1. The molecule has 0 amide bonds. The Balaban J connectivity index is 2.17. The van der Waals surface area contributed by atoms with Gasteiger partial charge in [0.15, 0.2) is 5.78 Å². The van der Waals surface area contributed by atoms with Gasteiger partial charge in [0.2, 0.25) is 0 Å². The van der Waals surface area contributed by atoms with Crippen LogP contribution in [0.2, 0.25) is 5.02 Å². The third-order valence-corrected chi connectivity index (χ3v) is 2.69. The molecule has 0 radical (unpaired) electrons. The number of Topliss-reactive ketones (excluding diaryl/α,β-unsaturated/α-hetero) is 1. The van der Waals surface area contributed by atoms with Gasteiger partial charge in [0.25, 0.3) is 0 Å². The Morgan fingerprint density at radius 2 is 2.00 bits per heavy atom. The van der Waals surface area contributed by atoms with Gasteiger partial charge in [-0.15, -0.1) is 0 Å². The molecule has 0 saturated carbocycles. The van der Waals surface area contributed by atoms with Gasteiger partial charge in [-0.2, -0.15) is 0 Å². The minimum absolute atomic E-state index is 0.165. The highest BCUT2D eigenvalue weighted by Crippen LogP contribution is 2.16. The summed E-state index contributed by atoms with van der Waals surface area (Å²) in [7, 11) is 0. The van der Waals surface area contributed by atoms with Crippen LogP contribution in [0.4, 0.5) is 4.39 Å². The number of ketones is 1. The van der Waals surface area contributed by atoms with Gasteiger partial charge >= 0.3 is 0 Å². The smallest absolute Gasteiger partial charge is 0.185 e. The SMILES string of the molecule is O=C(Cc1ccccc1Cl)c1ccc(F)cn1. The number of carbonyl (C=O) groups is 1. The van der Waals surface area contributed by atoms with Gasteiger partial charge in [0.1, 0.15) is 11.5 Å². The first-order valence-electron chi connectivity index (χ1n) is 5.05. The van der Waals surface area contributed by atoms with Crippen molar-refractivity contribution in [2.45, 2.75) is 6.42 Å². The lowest BCUT2D eigenvalue weighted by molar-refractivity contribution is 0.0988. The summed E-state index contributed by atoms with van der Waals surface area (Å²) in [6.45, 7) is 0. The normalized spacial score (nSPS) is 10.2. The standard InChI is InChI=1S/C13H9ClFNO/c14-11-4-2-1-3-9(11)7-13(17)12-6-5-10(15)8-16-12/h1-6,8H,7H2. The Hall–Kier alpha value is -1.74. The van der Waals surface area contributed by atoms with Gasteiger partial charge in [-0.1, -0.05) is 29.8 Å². The maximum Gasteiger partial charge on any atom is 0.185 e. The van der Waals surface area contributed by atoms with E-state index in [2.05, 4.69) is 4.98 Å². The predicted octanol–water partition coefficient (Wildman–Crippen LogP) is 3.30. The largest absolute Gasteiger partial charge is 0.292 e. The van der Waals surface area contributed by atoms with Crippen LogP contribution in [0.1, 0.15) is 16.1 Å². The molecule has 1 heterocycles. The summed E-state index contributed by atoms with van der Waals surface area (Å²) >= 11 is 5.95. The molecule has 0 spiro atoms. The van der Waals surface area contributed by atoms with Gasteiger partial charge in [0.05, 0.1) is 6.20 Å². The second-order valence-corrected chi connectivity index (χ2v) is 3.96. The van der Waals surface area contributed by atoms with Crippen molar-refractivity contribution in [3.63, 3.8) is 0 Å². The first kappa shape index (κ1) is 11.7. The minimum Gasteiger partial charge on any atom is -0.292 e. The third kappa shape index (κ3) is 2.88. The van der Waals surface area contributed by atoms with Crippen LogP contribution >= 0.6 is 11.6 Å². The molecule has 0 fully saturated rings. The lowest BCUT2D eigenvalue weighted by Crippen LogP contribution is -2.06. The predicted molar refractivity (Wildman–Crippen MR) is 63.7 cm³/mol. The first-order chi connectivity index (χ1) is 8.16. The van der Waals surface area contributed by atoms with Crippen molar-refractivity contribution in [2.24, 2.45) is 0 Å². The summed E-state index contributed by atoms with van der Waals surface area (Å²) in [6, 6.07) is 9.70. The van der Waals surface area contributed by atoms with E-state index in [-0.39, 0.29) is 17.9 Å². The van der Waals surface area contributed by atoms with Crippen LogP contribution < -0.4 is 0 Å². The lowest BCUT2D eigenvalue weighted by Gasteiger charge is -2.02. The molecule has 2 aromatic rings. The zero-order valence-corrected chi connectivity index (χ0v) is 9.62. The molecule has 17 heavy (non-hydrogen) atoms. The average molecular weight is 250 g/mol. The highest BCUT2D eigenvalue weighted by molar-refractivity contribution is 6.31. The van der Waals surface area contributed by atoms with E-state index < -0.39 is 5.82 Å². The molecule has 0 atom stereocenters. The van der Waals surface area contributed by atoms with Gasteiger partial charge < -0.3 is 0 Å². The summed E-state index contributed by atoms with van der Waals surface area (Å²) in [6.07, 6.45) is 1.19. The molecule has 4 heteroatoms. The summed E-state index contributed by atoms with van der Waals surface area (Å²) in [4.78, 5) is 15.6. The van der Waals surface area contributed by atoms with E-state index in [0.717, 1.165) is 11.8 Å². The number of aromatic nitrogens is 1. The van der Waals surface area contributed by atoms with Crippen LogP contribution in [0.15, 0.2) is 42.6 Å². The molecule has 0 aliphatic heterocycles. The Bertz CT molecular complexity index is 539.